The standard InChI is InChI=1S/C15H24N2O3/c1-10(13(18)14(19)17-15(2,3)4)16-11-8-6-7-9-12(11)20-5/h6-10,13,16,18H,1-5H3,(H,17,19). The number of rotatable bonds is 5. The Hall–Kier alpha value is -1.75. The number of ether oxygens (including phenoxy) is 1. The van der Waals surface area contributed by atoms with Gasteiger partial charge in [0.05, 0.1) is 18.8 Å². The van der Waals surface area contributed by atoms with Gasteiger partial charge in [-0.15, -0.1) is 0 Å². The van der Waals surface area contributed by atoms with Gasteiger partial charge in [-0.25, -0.2) is 0 Å². The molecule has 1 amide bonds. The molecule has 5 nitrogen and oxygen atoms in total. The van der Waals surface area contributed by atoms with E-state index >= 15 is 0 Å². The predicted molar refractivity (Wildman–Crippen MR) is 80.0 cm³/mol. The van der Waals surface area contributed by atoms with Gasteiger partial charge >= 0.3 is 0 Å². The maximum absolute atomic E-state index is 11.9. The third kappa shape index (κ3) is 4.74. The number of methoxy groups -OCH3 is 1. The minimum atomic E-state index is -1.14. The van der Waals surface area contributed by atoms with Gasteiger partial charge in [0.1, 0.15) is 5.75 Å². The molecule has 5 heteroatoms. The largest absolute Gasteiger partial charge is 0.495 e. The molecule has 20 heavy (non-hydrogen) atoms. The summed E-state index contributed by atoms with van der Waals surface area (Å²) in [5, 5.41) is 15.9. The number of para-hydroxylation sites is 2. The van der Waals surface area contributed by atoms with Crippen LogP contribution < -0.4 is 15.4 Å². The van der Waals surface area contributed by atoms with Gasteiger partial charge in [-0.05, 0) is 39.8 Å². The number of aliphatic hydroxyl groups excluding tert-OH is 1. The van der Waals surface area contributed by atoms with Crippen LogP contribution in [0.4, 0.5) is 5.69 Å². The van der Waals surface area contributed by atoms with Crippen LogP contribution in [-0.4, -0.2) is 35.8 Å². The molecule has 1 rings (SSSR count). The van der Waals surface area contributed by atoms with Gasteiger partial charge in [0, 0.05) is 5.54 Å². The normalized spacial score (nSPS) is 14.3. The molecule has 0 spiro atoms. The quantitative estimate of drug-likeness (QED) is 0.769. The smallest absolute Gasteiger partial charge is 0.251 e. The summed E-state index contributed by atoms with van der Waals surface area (Å²) < 4.78 is 5.22. The van der Waals surface area contributed by atoms with Crippen molar-refractivity contribution < 1.29 is 14.6 Å². The average molecular weight is 280 g/mol. The fourth-order valence-electron chi connectivity index (χ4n) is 1.76. The Morgan fingerprint density at radius 2 is 1.90 bits per heavy atom. The molecular formula is C15H24N2O3. The Balaban J connectivity index is 2.70. The maximum Gasteiger partial charge on any atom is 0.251 e. The van der Waals surface area contributed by atoms with Gasteiger partial charge in [-0.1, -0.05) is 12.1 Å². The molecule has 1 aromatic carbocycles. The molecule has 1 aromatic rings. The van der Waals surface area contributed by atoms with E-state index in [1.807, 2.05) is 45.0 Å². The van der Waals surface area contributed by atoms with Crippen LogP contribution in [0, 0.1) is 0 Å². The lowest BCUT2D eigenvalue weighted by Crippen LogP contribution is -2.50. The van der Waals surface area contributed by atoms with Crippen molar-refractivity contribution in [2.24, 2.45) is 0 Å². The molecule has 2 unspecified atom stereocenters. The van der Waals surface area contributed by atoms with Crippen molar-refractivity contribution >= 4 is 11.6 Å². The summed E-state index contributed by atoms with van der Waals surface area (Å²) in [6, 6.07) is 6.94. The van der Waals surface area contributed by atoms with Crippen LogP contribution in [0.25, 0.3) is 0 Å². The van der Waals surface area contributed by atoms with Crippen LogP contribution in [0.2, 0.25) is 0 Å². The molecule has 2 atom stereocenters. The fourth-order valence-corrected chi connectivity index (χ4v) is 1.76. The van der Waals surface area contributed by atoms with E-state index in [-0.39, 0.29) is 5.54 Å². The number of hydrogen-bond donors (Lipinski definition) is 3. The van der Waals surface area contributed by atoms with Crippen LogP contribution in [-0.2, 0) is 4.79 Å². The molecule has 0 aliphatic rings. The summed E-state index contributed by atoms with van der Waals surface area (Å²) in [5.74, 6) is 0.273. The van der Waals surface area contributed by atoms with E-state index in [1.54, 1.807) is 14.0 Å². The highest BCUT2D eigenvalue weighted by molar-refractivity contribution is 5.82. The second-order valence-corrected chi connectivity index (χ2v) is 5.82. The number of carbonyl (C=O) groups excluding carboxylic acids is 1. The Bertz CT molecular complexity index is 455. The van der Waals surface area contributed by atoms with Gasteiger partial charge in [0.15, 0.2) is 6.10 Å². The van der Waals surface area contributed by atoms with Crippen LogP contribution in [0.3, 0.4) is 0 Å². The van der Waals surface area contributed by atoms with Gasteiger partial charge in [0.25, 0.3) is 5.91 Å². The fraction of sp³-hybridized carbons (Fsp3) is 0.533. The molecule has 0 aliphatic heterocycles. The predicted octanol–water partition coefficient (Wildman–Crippen LogP) is 1.77. The van der Waals surface area contributed by atoms with E-state index in [4.69, 9.17) is 4.74 Å². The summed E-state index contributed by atoms with van der Waals surface area (Å²) >= 11 is 0. The van der Waals surface area contributed by atoms with Gasteiger partial charge in [-0.2, -0.15) is 0 Å². The topological polar surface area (TPSA) is 70.6 Å². The molecule has 0 saturated carbocycles. The van der Waals surface area contributed by atoms with Crippen LogP contribution in [0.15, 0.2) is 24.3 Å². The lowest BCUT2D eigenvalue weighted by atomic mass is 10.1. The molecule has 0 saturated heterocycles. The van der Waals surface area contributed by atoms with Crippen molar-refractivity contribution in [2.45, 2.75) is 45.4 Å². The van der Waals surface area contributed by atoms with E-state index in [1.165, 1.54) is 0 Å². The lowest BCUT2D eigenvalue weighted by Gasteiger charge is -2.26. The Labute approximate surface area is 120 Å². The van der Waals surface area contributed by atoms with Crippen molar-refractivity contribution in [3.8, 4) is 5.75 Å². The molecule has 0 heterocycles. The molecule has 112 valence electrons. The Morgan fingerprint density at radius 3 is 2.45 bits per heavy atom. The van der Waals surface area contributed by atoms with E-state index in [0.717, 1.165) is 5.69 Å². The average Bonchev–Trinajstić information content (AvgIpc) is 2.36. The van der Waals surface area contributed by atoms with E-state index in [0.29, 0.717) is 5.75 Å². The molecule has 0 bridgehead atoms. The number of carbonyl (C=O) groups is 1. The van der Waals surface area contributed by atoms with E-state index in [9.17, 15) is 9.90 Å². The van der Waals surface area contributed by atoms with Crippen molar-refractivity contribution in [1.82, 2.24) is 5.32 Å². The molecule has 3 N–H and O–H groups in total. The monoisotopic (exact) mass is 280 g/mol. The SMILES string of the molecule is COc1ccccc1NC(C)C(O)C(=O)NC(C)(C)C. The molecule has 0 fully saturated rings. The van der Waals surface area contributed by atoms with Crippen LogP contribution in [0.5, 0.6) is 5.75 Å². The van der Waals surface area contributed by atoms with Crippen molar-refractivity contribution in [2.75, 3.05) is 12.4 Å². The molecule has 0 aromatic heterocycles. The number of anilines is 1. The number of benzene rings is 1. The zero-order valence-corrected chi connectivity index (χ0v) is 12.7. The second kappa shape index (κ2) is 6.61. The maximum atomic E-state index is 11.9. The van der Waals surface area contributed by atoms with Crippen LogP contribution >= 0.6 is 0 Å². The minimum Gasteiger partial charge on any atom is -0.495 e. The first kappa shape index (κ1) is 16.3. The second-order valence-electron chi connectivity index (χ2n) is 5.82. The Kier molecular flexibility index (Phi) is 5.39. The highest BCUT2D eigenvalue weighted by atomic mass is 16.5. The first-order valence-electron chi connectivity index (χ1n) is 6.64. The van der Waals surface area contributed by atoms with E-state index in [2.05, 4.69) is 10.6 Å². The highest BCUT2D eigenvalue weighted by Gasteiger charge is 2.26. The van der Waals surface area contributed by atoms with Crippen molar-refractivity contribution in [3.63, 3.8) is 0 Å². The number of nitrogens with one attached hydrogen (secondary N) is 2. The summed E-state index contributed by atoms with van der Waals surface area (Å²) in [6.45, 7) is 7.36. The summed E-state index contributed by atoms with van der Waals surface area (Å²) in [4.78, 5) is 11.9. The minimum absolute atomic E-state index is 0.373. The third-order valence-electron chi connectivity index (χ3n) is 2.73. The van der Waals surface area contributed by atoms with Crippen molar-refractivity contribution in [1.29, 1.82) is 0 Å². The number of amides is 1. The van der Waals surface area contributed by atoms with Crippen LogP contribution in [0.1, 0.15) is 27.7 Å². The summed E-state index contributed by atoms with van der Waals surface area (Å²) in [7, 11) is 1.58. The first-order valence-corrected chi connectivity index (χ1v) is 6.64. The lowest BCUT2D eigenvalue weighted by molar-refractivity contribution is -0.131. The molecular weight excluding hydrogens is 256 g/mol. The van der Waals surface area contributed by atoms with Gasteiger partial charge in [0.2, 0.25) is 0 Å². The summed E-state index contributed by atoms with van der Waals surface area (Å²) in [5.41, 5.74) is 0.368. The third-order valence-corrected chi connectivity index (χ3v) is 2.73. The number of aliphatic hydroxyl groups is 1. The Morgan fingerprint density at radius 1 is 1.30 bits per heavy atom. The summed E-state index contributed by atoms with van der Waals surface area (Å²) in [6.07, 6.45) is -1.14. The number of hydrogen-bond acceptors (Lipinski definition) is 4. The van der Waals surface area contributed by atoms with E-state index < -0.39 is 18.1 Å². The van der Waals surface area contributed by atoms with Gasteiger partial charge < -0.3 is 20.5 Å². The van der Waals surface area contributed by atoms with Gasteiger partial charge in [-0.3, -0.25) is 4.79 Å². The molecule has 0 aliphatic carbocycles. The first-order chi connectivity index (χ1) is 9.24. The molecule has 0 radical (unpaired) electrons. The van der Waals surface area contributed by atoms with Crippen molar-refractivity contribution in [3.05, 3.63) is 24.3 Å². The highest BCUT2D eigenvalue weighted by Crippen LogP contribution is 2.24. The zero-order valence-electron chi connectivity index (χ0n) is 12.7. The zero-order chi connectivity index (χ0) is 15.3.